The number of fused-ring (bicyclic) bond motifs is 1. The highest BCUT2D eigenvalue weighted by molar-refractivity contribution is 7.17. The van der Waals surface area contributed by atoms with Crippen LogP contribution in [0.4, 0.5) is 0 Å². The average Bonchev–Trinajstić information content (AvgIpc) is 2.87. The number of carboxylic acid groups (broad SMARTS) is 1. The summed E-state index contributed by atoms with van der Waals surface area (Å²) in [6, 6.07) is 1.85. The first-order valence-corrected chi connectivity index (χ1v) is 7.90. The van der Waals surface area contributed by atoms with Gasteiger partial charge in [-0.2, -0.15) is 0 Å². The number of hydrogen-bond acceptors (Lipinski definition) is 5. The van der Waals surface area contributed by atoms with Crippen LogP contribution in [0.15, 0.2) is 16.2 Å². The average molecular weight is 307 g/mol. The number of aromatic nitrogens is 2. The molecule has 112 valence electrons. The maximum atomic E-state index is 11.9. The summed E-state index contributed by atoms with van der Waals surface area (Å²) < 4.78 is 0.654. The third kappa shape index (κ3) is 3.30. The molecule has 3 rings (SSSR count). The number of H-pyrrole nitrogens is 1. The molecule has 3 heterocycles. The molecule has 1 unspecified atom stereocenters. The molecule has 0 spiro atoms. The van der Waals surface area contributed by atoms with Gasteiger partial charge in [-0.15, -0.1) is 11.3 Å². The first-order valence-electron chi connectivity index (χ1n) is 7.02. The lowest BCUT2D eigenvalue weighted by Gasteiger charge is -2.31. The maximum absolute atomic E-state index is 11.9. The summed E-state index contributed by atoms with van der Waals surface area (Å²) >= 11 is 1.39. The smallest absolute Gasteiger partial charge is 0.303 e. The van der Waals surface area contributed by atoms with E-state index in [1.54, 1.807) is 0 Å². The fourth-order valence-corrected chi connectivity index (χ4v) is 3.64. The van der Waals surface area contributed by atoms with Crippen molar-refractivity contribution in [2.75, 3.05) is 13.1 Å². The van der Waals surface area contributed by atoms with Crippen LogP contribution < -0.4 is 5.56 Å². The van der Waals surface area contributed by atoms with Crippen LogP contribution in [-0.2, 0) is 11.3 Å². The Morgan fingerprint density at radius 1 is 1.57 bits per heavy atom. The second-order valence-corrected chi connectivity index (χ2v) is 6.40. The molecule has 1 fully saturated rings. The fourth-order valence-electron chi connectivity index (χ4n) is 2.92. The molecule has 1 aliphatic rings. The van der Waals surface area contributed by atoms with E-state index in [0.29, 0.717) is 17.1 Å². The number of piperidine rings is 1. The minimum Gasteiger partial charge on any atom is -0.481 e. The van der Waals surface area contributed by atoms with Crippen molar-refractivity contribution in [3.8, 4) is 0 Å². The summed E-state index contributed by atoms with van der Waals surface area (Å²) in [6.45, 7) is 2.23. The van der Waals surface area contributed by atoms with Gasteiger partial charge >= 0.3 is 5.97 Å². The van der Waals surface area contributed by atoms with Crippen LogP contribution in [0.2, 0.25) is 0 Å². The van der Waals surface area contributed by atoms with Crippen molar-refractivity contribution in [3.05, 3.63) is 27.6 Å². The molecule has 1 aliphatic heterocycles. The van der Waals surface area contributed by atoms with Gasteiger partial charge in [0.15, 0.2) is 0 Å². The van der Waals surface area contributed by atoms with Crippen molar-refractivity contribution < 1.29 is 9.90 Å². The Balaban J connectivity index is 1.72. The highest BCUT2D eigenvalue weighted by Gasteiger charge is 2.22. The highest BCUT2D eigenvalue weighted by atomic mass is 32.1. The third-order valence-corrected chi connectivity index (χ3v) is 4.71. The molecular weight excluding hydrogens is 290 g/mol. The van der Waals surface area contributed by atoms with Crippen molar-refractivity contribution >= 4 is 27.5 Å². The van der Waals surface area contributed by atoms with Gasteiger partial charge in [0, 0.05) is 13.0 Å². The van der Waals surface area contributed by atoms with E-state index in [4.69, 9.17) is 5.11 Å². The number of aromatic amines is 1. The molecule has 0 saturated carbocycles. The van der Waals surface area contributed by atoms with Crippen LogP contribution in [0.1, 0.15) is 25.1 Å². The monoisotopic (exact) mass is 307 g/mol. The number of rotatable bonds is 4. The van der Waals surface area contributed by atoms with E-state index in [2.05, 4.69) is 14.9 Å². The lowest BCUT2D eigenvalue weighted by atomic mass is 9.95. The van der Waals surface area contributed by atoms with Crippen LogP contribution in [-0.4, -0.2) is 39.0 Å². The number of hydrogen-bond donors (Lipinski definition) is 2. The summed E-state index contributed by atoms with van der Waals surface area (Å²) in [4.78, 5) is 32.2. The van der Waals surface area contributed by atoms with Gasteiger partial charge in [0.2, 0.25) is 0 Å². The molecule has 0 bridgehead atoms. The number of thiophene rings is 1. The van der Waals surface area contributed by atoms with Crippen LogP contribution in [0.3, 0.4) is 0 Å². The summed E-state index contributed by atoms with van der Waals surface area (Å²) in [7, 11) is 0. The SMILES string of the molecule is O=C(O)CC1CCCN(Cc2nc3ccsc3c(=O)[nH]2)C1. The zero-order valence-corrected chi connectivity index (χ0v) is 12.4. The molecule has 0 aromatic carbocycles. The number of nitrogens with zero attached hydrogens (tertiary/aromatic N) is 2. The Morgan fingerprint density at radius 3 is 3.24 bits per heavy atom. The molecule has 6 nitrogen and oxygen atoms in total. The zero-order valence-electron chi connectivity index (χ0n) is 11.5. The molecule has 1 saturated heterocycles. The predicted octanol–water partition coefficient (Wildman–Crippen LogP) is 1.67. The van der Waals surface area contributed by atoms with Crippen molar-refractivity contribution in [2.24, 2.45) is 5.92 Å². The Labute approximate surface area is 125 Å². The molecule has 0 amide bonds. The second-order valence-electron chi connectivity index (χ2n) is 5.49. The maximum Gasteiger partial charge on any atom is 0.303 e. The first kappa shape index (κ1) is 14.2. The largest absolute Gasteiger partial charge is 0.481 e. The Hall–Kier alpha value is -1.73. The summed E-state index contributed by atoms with van der Waals surface area (Å²) in [6.07, 6.45) is 2.16. The van der Waals surface area contributed by atoms with Crippen molar-refractivity contribution in [3.63, 3.8) is 0 Å². The van der Waals surface area contributed by atoms with E-state index >= 15 is 0 Å². The summed E-state index contributed by atoms with van der Waals surface area (Å²) in [5.74, 6) is 0.0998. The minimum atomic E-state index is -0.743. The topological polar surface area (TPSA) is 86.3 Å². The van der Waals surface area contributed by atoms with Gasteiger partial charge in [-0.25, -0.2) is 4.98 Å². The number of carboxylic acids is 1. The molecule has 1 atom stereocenters. The first-order chi connectivity index (χ1) is 10.1. The van der Waals surface area contributed by atoms with Gasteiger partial charge in [0.1, 0.15) is 10.5 Å². The third-order valence-electron chi connectivity index (χ3n) is 3.80. The second kappa shape index (κ2) is 5.95. The van der Waals surface area contributed by atoms with E-state index in [1.165, 1.54) is 11.3 Å². The highest BCUT2D eigenvalue weighted by Crippen LogP contribution is 2.21. The Bertz CT molecular complexity index is 709. The molecule has 0 aliphatic carbocycles. The number of aliphatic carboxylic acids is 1. The van der Waals surface area contributed by atoms with E-state index in [0.717, 1.165) is 31.4 Å². The zero-order chi connectivity index (χ0) is 14.8. The van der Waals surface area contributed by atoms with E-state index in [1.807, 2.05) is 11.4 Å². The van der Waals surface area contributed by atoms with E-state index in [9.17, 15) is 9.59 Å². The van der Waals surface area contributed by atoms with Gasteiger partial charge < -0.3 is 10.1 Å². The van der Waals surface area contributed by atoms with Crippen LogP contribution in [0, 0.1) is 5.92 Å². The number of carbonyl (C=O) groups is 1. The van der Waals surface area contributed by atoms with E-state index in [-0.39, 0.29) is 17.9 Å². The Kier molecular flexibility index (Phi) is 4.03. The molecule has 2 aromatic heterocycles. The molecule has 21 heavy (non-hydrogen) atoms. The van der Waals surface area contributed by atoms with Gasteiger partial charge in [-0.05, 0) is 36.8 Å². The van der Waals surface area contributed by atoms with Gasteiger partial charge in [-0.3, -0.25) is 14.5 Å². The van der Waals surface area contributed by atoms with E-state index < -0.39 is 5.97 Å². The van der Waals surface area contributed by atoms with Crippen LogP contribution in [0.25, 0.3) is 10.2 Å². The van der Waals surface area contributed by atoms with Crippen molar-refractivity contribution in [1.82, 2.24) is 14.9 Å². The normalized spacial score (nSPS) is 19.9. The Morgan fingerprint density at radius 2 is 2.43 bits per heavy atom. The standard InChI is InChI=1S/C14H17N3O3S/c18-12(19)6-9-2-1-4-17(7-9)8-11-15-10-3-5-21-13(10)14(20)16-11/h3,5,9H,1-2,4,6-8H2,(H,18,19)(H,15,16,20). The lowest BCUT2D eigenvalue weighted by Crippen LogP contribution is -2.36. The molecule has 2 N–H and O–H groups in total. The van der Waals surface area contributed by atoms with Gasteiger partial charge in [0.05, 0.1) is 12.1 Å². The van der Waals surface area contributed by atoms with Crippen LogP contribution >= 0.6 is 11.3 Å². The molecular formula is C14H17N3O3S. The number of nitrogens with one attached hydrogen (secondary N) is 1. The van der Waals surface area contributed by atoms with Gasteiger partial charge in [0.25, 0.3) is 5.56 Å². The summed E-state index contributed by atoms with van der Waals surface area (Å²) in [5, 5.41) is 10.8. The van der Waals surface area contributed by atoms with Crippen LogP contribution in [0.5, 0.6) is 0 Å². The summed E-state index contributed by atoms with van der Waals surface area (Å²) in [5.41, 5.74) is 0.641. The molecule has 2 aromatic rings. The predicted molar refractivity (Wildman–Crippen MR) is 80.5 cm³/mol. The molecule has 7 heteroatoms. The molecule has 0 radical (unpaired) electrons. The van der Waals surface area contributed by atoms with Gasteiger partial charge in [-0.1, -0.05) is 0 Å². The quantitative estimate of drug-likeness (QED) is 0.897. The fraction of sp³-hybridized carbons (Fsp3) is 0.500. The minimum absolute atomic E-state index is 0.0934. The lowest BCUT2D eigenvalue weighted by molar-refractivity contribution is -0.138. The van der Waals surface area contributed by atoms with Crippen molar-refractivity contribution in [2.45, 2.75) is 25.8 Å². The van der Waals surface area contributed by atoms with Crippen molar-refractivity contribution in [1.29, 1.82) is 0 Å². The number of likely N-dealkylation sites (tertiary alicyclic amines) is 1.